The van der Waals surface area contributed by atoms with Gasteiger partial charge in [0.2, 0.25) is 0 Å². The lowest BCUT2D eigenvalue weighted by molar-refractivity contribution is -0.144. The number of aliphatic carboxylic acids is 1. The Morgan fingerprint density at radius 1 is 1.19 bits per heavy atom. The summed E-state index contributed by atoms with van der Waals surface area (Å²) >= 11 is 0. The molecule has 7 heteroatoms. The molecule has 0 spiro atoms. The van der Waals surface area contributed by atoms with Crippen molar-refractivity contribution in [3.05, 3.63) is 0 Å². The molecule has 1 atom stereocenters. The number of carbonyl (C=O) groups is 1. The van der Waals surface area contributed by atoms with Crippen molar-refractivity contribution in [2.24, 2.45) is 0 Å². The number of alkyl halides is 3. The number of rotatable bonds is 11. The van der Waals surface area contributed by atoms with Crippen LogP contribution in [0.5, 0.6) is 0 Å². The second kappa shape index (κ2) is 9.25. The molecule has 0 fully saturated rings. The van der Waals surface area contributed by atoms with Crippen molar-refractivity contribution in [2.45, 2.75) is 57.7 Å². The highest BCUT2D eigenvalue weighted by Gasteiger charge is 2.31. The van der Waals surface area contributed by atoms with Crippen LogP contribution in [-0.4, -0.2) is 54.4 Å². The second-order valence-corrected chi connectivity index (χ2v) is 5.69. The van der Waals surface area contributed by atoms with Crippen LogP contribution in [0, 0.1) is 0 Å². The number of unbranched alkanes of at least 4 members (excludes halogenated alkanes) is 1. The second-order valence-electron chi connectivity index (χ2n) is 5.69. The normalized spacial score (nSPS) is 15.2. The SMILES string of the molecule is CCCNC(C)(CCCCN(C)CCC(F)(F)F)C(=O)O. The summed E-state index contributed by atoms with van der Waals surface area (Å²) in [6, 6.07) is 0. The van der Waals surface area contributed by atoms with Crippen LogP contribution in [0.2, 0.25) is 0 Å². The monoisotopic (exact) mass is 312 g/mol. The summed E-state index contributed by atoms with van der Waals surface area (Å²) in [6.07, 6.45) is -2.27. The average Bonchev–Trinajstić information content (AvgIpc) is 2.38. The van der Waals surface area contributed by atoms with E-state index in [-0.39, 0.29) is 6.54 Å². The number of nitrogens with zero attached hydrogens (tertiary/aromatic N) is 1. The fraction of sp³-hybridized carbons (Fsp3) is 0.929. The molecule has 0 rings (SSSR count). The lowest BCUT2D eigenvalue weighted by atomic mass is 9.94. The Kier molecular flexibility index (Phi) is 8.89. The number of carboxylic acid groups (broad SMARTS) is 1. The average molecular weight is 312 g/mol. The van der Waals surface area contributed by atoms with E-state index in [4.69, 9.17) is 0 Å². The first kappa shape index (κ1) is 20.2. The molecule has 0 bridgehead atoms. The van der Waals surface area contributed by atoms with Crippen molar-refractivity contribution in [2.75, 3.05) is 26.7 Å². The molecule has 0 radical (unpaired) electrons. The quantitative estimate of drug-likeness (QED) is 0.576. The van der Waals surface area contributed by atoms with Crippen molar-refractivity contribution in [1.29, 1.82) is 0 Å². The molecule has 0 aromatic rings. The van der Waals surface area contributed by atoms with Gasteiger partial charge in [-0.1, -0.05) is 6.92 Å². The van der Waals surface area contributed by atoms with Crippen LogP contribution in [0.15, 0.2) is 0 Å². The Morgan fingerprint density at radius 3 is 2.29 bits per heavy atom. The summed E-state index contributed by atoms with van der Waals surface area (Å²) in [6.45, 7) is 4.77. The Balaban J connectivity index is 3.97. The maximum atomic E-state index is 12.1. The zero-order chi connectivity index (χ0) is 16.5. The van der Waals surface area contributed by atoms with Crippen LogP contribution in [0.4, 0.5) is 13.2 Å². The smallest absolute Gasteiger partial charge is 0.390 e. The molecule has 1 unspecified atom stereocenters. The number of carboxylic acids is 1. The topological polar surface area (TPSA) is 52.6 Å². The molecule has 21 heavy (non-hydrogen) atoms. The minimum atomic E-state index is -4.12. The van der Waals surface area contributed by atoms with Crippen LogP contribution in [0.25, 0.3) is 0 Å². The van der Waals surface area contributed by atoms with Crippen molar-refractivity contribution >= 4 is 5.97 Å². The Morgan fingerprint density at radius 2 is 1.81 bits per heavy atom. The number of halogens is 3. The van der Waals surface area contributed by atoms with E-state index in [9.17, 15) is 23.1 Å². The zero-order valence-corrected chi connectivity index (χ0v) is 13.1. The summed E-state index contributed by atoms with van der Waals surface area (Å²) in [5.74, 6) is -0.888. The van der Waals surface area contributed by atoms with E-state index in [1.807, 2.05) is 6.92 Å². The molecule has 0 aromatic carbocycles. The summed E-state index contributed by atoms with van der Waals surface area (Å²) in [4.78, 5) is 12.9. The van der Waals surface area contributed by atoms with Gasteiger partial charge in [0.05, 0.1) is 6.42 Å². The van der Waals surface area contributed by atoms with Crippen LogP contribution < -0.4 is 5.32 Å². The molecular weight excluding hydrogens is 285 g/mol. The molecule has 0 saturated heterocycles. The van der Waals surface area contributed by atoms with Crippen molar-refractivity contribution in [3.8, 4) is 0 Å². The van der Waals surface area contributed by atoms with Crippen LogP contribution >= 0.6 is 0 Å². The predicted molar refractivity (Wildman–Crippen MR) is 76.4 cm³/mol. The Labute approximate surface area is 124 Å². The van der Waals surface area contributed by atoms with E-state index in [0.29, 0.717) is 32.4 Å². The fourth-order valence-electron chi connectivity index (χ4n) is 1.96. The molecular formula is C14H27F3N2O2. The third-order valence-corrected chi connectivity index (χ3v) is 3.48. The molecule has 0 saturated carbocycles. The molecule has 0 aliphatic rings. The van der Waals surface area contributed by atoms with Gasteiger partial charge in [0.15, 0.2) is 0 Å². The maximum absolute atomic E-state index is 12.1. The van der Waals surface area contributed by atoms with Gasteiger partial charge in [-0.25, -0.2) is 0 Å². The van der Waals surface area contributed by atoms with Crippen LogP contribution in [0.1, 0.15) is 46.0 Å². The van der Waals surface area contributed by atoms with Gasteiger partial charge < -0.3 is 15.3 Å². The van der Waals surface area contributed by atoms with Gasteiger partial charge in [0.25, 0.3) is 0 Å². The van der Waals surface area contributed by atoms with Crippen molar-refractivity contribution in [3.63, 3.8) is 0 Å². The van der Waals surface area contributed by atoms with Gasteiger partial charge >= 0.3 is 12.1 Å². The largest absolute Gasteiger partial charge is 0.480 e. The standard InChI is InChI=1S/C14H27F3N2O2/c1-4-9-18-13(2,12(20)21)7-5-6-10-19(3)11-8-14(15,16)17/h18H,4-11H2,1-3H3,(H,20,21). The molecule has 0 aliphatic carbocycles. The highest BCUT2D eigenvalue weighted by atomic mass is 19.4. The van der Waals surface area contributed by atoms with Gasteiger partial charge in [-0.2, -0.15) is 13.2 Å². The van der Waals surface area contributed by atoms with Gasteiger partial charge in [0.1, 0.15) is 5.54 Å². The summed E-state index contributed by atoms with van der Waals surface area (Å²) < 4.78 is 36.2. The van der Waals surface area contributed by atoms with Crippen molar-refractivity contribution in [1.82, 2.24) is 10.2 Å². The number of nitrogens with one attached hydrogen (secondary N) is 1. The lowest BCUT2D eigenvalue weighted by Crippen LogP contribution is -2.49. The molecule has 0 amide bonds. The third kappa shape index (κ3) is 9.68. The first-order valence-electron chi connectivity index (χ1n) is 7.34. The van der Waals surface area contributed by atoms with E-state index >= 15 is 0 Å². The summed E-state index contributed by atoms with van der Waals surface area (Å²) in [7, 11) is 1.65. The molecule has 126 valence electrons. The Hall–Kier alpha value is -0.820. The summed E-state index contributed by atoms with van der Waals surface area (Å²) in [5.41, 5.74) is -0.958. The fourth-order valence-corrected chi connectivity index (χ4v) is 1.96. The molecule has 0 heterocycles. The molecule has 4 nitrogen and oxygen atoms in total. The van der Waals surface area contributed by atoms with Crippen LogP contribution in [-0.2, 0) is 4.79 Å². The highest BCUT2D eigenvalue weighted by Crippen LogP contribution is 2.20. The number of hydrogen-bond donors (Lipinski definition) is 2. The lowest BCUT2D eigenvalue weighted by Gasteiger charge is -2.26. The van der Waals surface area contributed by atoms with Gasteiger partial charge in [-0.15, -0.1) is 0 Å². The van der Waals surface area contributed by atoms with E-state index in [0.717, 1.165) is 6.42 Å². The zero-order valence-electron chi connectivity index (χ0n) is 13.1. The first-order chi connectivity index (χ1) is 9.60. The highest BCUT2D eigenvalue weighted by molar-refractivity contribution is 5.78. The maximum Gasteiger partial charge on any atom is 0.390 e. The van der Waals surface area contributed by atoms with E-state index in [1.165, 1.54) is 0 Å². The van der Waals surface area contributed by atoms with Crippen molar-refractivity contribution < 1.29 is 23.1 Å². The van der Waals surface area contributed by atoms with Gasteiger partial charge in [-0.3, -0.25) is 4.79 Å². The minimum absolute atomic E-state index is 0.0201. The van der Waals surface area contributed by atoms with Gasteiger partial charge in [0, 0.05) is 6.54 Å². The van der Waals surface area contributed by atoms with E-state index in [2.05, 4.69) is 5.32 Å². The van der Waals surface area contributed by atoms with Crippen LogP contribution in [0.3, 0.4) is 0 Å². The minimum Gasteiger partial charge on any atom is -0.480 e. The summed E-state index contributed by atoms with van der Waals surface area (Å²) in [5, 5.41) is 12.3. The van der Waals surface area contributed by atoms with E-state index in [1.54, 1.807) is 18.9 Å². The van der Waals surface area contributed by atoms with E-state index < -0.39 is 24.1 Å². The van der Waals surface area contributed by atoms with Gasteiger partial charge in [-0.05, 0) is 52.7 Å². The number of hydrogen-bond acceptors (Lipinski definition) is 3. The Bertz CT molecular complexity index is 311. The third-order valence-electron chi connectivity index (χ3n) is 3.48. The molecule has 0 aliphatic heterocycles. The molecule has 0 aromatic heterocycles. The molecule has 2 N–H and O–H groups in total. The first-order valence-corrected chi connectivity index (χ1v) is 7.34. The predicted octanol–water partition coefficient (Wildman–Crippen LogP) is 2.88.